The first-order chi connectivity index (χ1) is 13.9. The van der Waals surface area contributed by atoms with E-state index in [1.165, 1.54) is 22.5 Å². The maximum atomic E-state index is 9.85. The standard InChI is InChI=1S/C25H28N2O2/c1-25(19-8-10-22(28)11-9-19)24-13-12-23(29-4)16-18(24)14-15-27(25)21-7-5-6-20(17-21)26(2)3/h5-13,16-17,28H,14-15H2,1-4H3. The molecule has 150 valence electrons. The third-order valence-electron chi connectivity index (χ3n) is 6.07. The number of methoxy groups -OCH3 is 1. The Morgan fingerprint density at radius 3 is 2.45 bits per heavy atom. The van der Waals surface area contributed by atoms with Crippen LogP contribution in [0.25, 0.3) is 0 Å². The molecule has 4 nitrogen and oxygen atoms in total. The Labute approximate surface area is 173 Å². The van der Waals surface area contributed by atoms with E-state index < -0.39 is 0 Å². The van der Waals surface area contributed by atoms with Gasteiger partial charge in [-0.1, -0.05) is 24.3 Å². The van der Waals surface area contributed by atoms with Crippen LogP contribution in [-0.4, -0.2) is 32.9 Å². The Morgan fingerprint density at radius 2 is 1.76 bits per heavy atom. The molecule has 0 fully saturated rings. The Kier molecular flexibility index (Phi) is 4.87. The molecule has 3 aromatic carbocycles. The van der Waals surface area contributed by atoms with Gasteiger partial charge in [-0.2, -0.15) is 0 Å². The second-order valence-electron chi connectivity index (χ2n) is 7.96. The molecule has 1 heterocycles. The highest BCUT2D eigenvalue weighted by Gasteiger charge is 2.40. The summed E-state index contributed by atoms with van der Waals surface area (Å²) in [5.41, 5.74) is 5.73. The van der Waals surface area contributed by atoms with E-state index in [1.807, 2.05) is 18.2 Å². The second kappa shape index (κ2) is 7.36. The summed E-state index contributed by atoms with van der Waals surface area (Å²) in [6.45, 7) is 3.17. The molecule has 1 atom stereocenters. The fourth-order valence-corrected chi connectivity index (χ4v) is 4.40. The molecule has 29 heavy (non-hydrogen) atoms. The average Bonchev–Trinajstić information content (AvgIpc) is 2.74. The SMILES string of the molecule is COc1ccc2c(c1)CCN(c1cccc(N(C)C)c1)C2(C)c1ccc(O)cc1. The van der Waals surface area contributed by atoms with Gasteiger partial charge in [-0.3, -0.25) is 0 Å². The summed E-state index contributed by atoms with van der Waals surface area (Å²) in [5, 5.41) is 9.85. The zero-order chi connectivity index (χ0) is 20.6. The van der Waals surface area contributed by atoms with Crippen molar-refractivity contribution in [3.63, 3.8) is 0 Å². The van der Waals surface area contributed by atoms with Crippen LogP contribution in [0.4, 0.5) is 11.4 Å². The quantitative estimate of drug-likeness (QED) is 0.697. The minimum absolute atomic E-state index is 0.282. The number of benzene rings is 3. The van der Waals surface area contributed by atoms with E-state index in [9.17, 15) is 5.11 Å². The van der Waals surface area contributed by atoms with Crippen molar-refractivity contribution >= 4 is 11.4 Å². The maximum Gasteiger partial charge on any atom is 0.119 e. The molecule has 0 saturated heterocycles. The second-order valence-corrected chi connectivity index (χ2v) is 7.96. The number of fused-ring (bicyclic) bond motifs is 1. The first-order valence-corrected chi connectivity index (χ1v) is 9.95. The Morgan fingerprint density at radius 1 is 1.00 bits per heavy atom. The van der Waals surface area contributed by atoms with Crippen LogP contribution < -0.4 is 14.5 Å². The lowest BCUT2D eigenvalue weighted by Gasteiger charge is -2.48. The molecule has 0 amide bonds. The van der Waals surface area contributed by atoms with Crippen LogP contribution in [0.2, 0.25) is 0 Å². The topological polar surface area (TPSA) is 35.9 Å². The minimum atomic E-state index is -0.363. The molecular weight excluding hydrogens is 360 g/mol. The van der Waals surface area contributed by atoms with Crippen molar-refractivity contribution in [2.24, 2.45) is 0 Å². The maximum absolute atomic E-state index is 9.85. The summed E-state index contributed by atoms with van der Waals surface area (Å²) in [5.74, 6) is 1.17. The van der Waals surface area contributed by atoms with Crippen molar-refractivity contribution < 1.29 is 9.84 Å². The van der Waals surface area contributed by atoms with Gasteiger partial charge in [0, 0.05) is 32.0 Å². The average molecular weight is 389 g/mol. The van der Waals surface area contributed by atoms with Crippen LogP contribution >= 0.6 is 0 Å². The number of phenolic OH excluding ortho intramolecular Hbond substituents is 1. The molecule has 1 N–H and O–H groups in total. The van der Waals surface area contributed by atoms with Crippen LogP contribution in [0.5, 0.6) is 11.5 Å². The molecule has 0 spiro atoms. The highest BCUT2D eigenvalue weighted by atomic mass is 16.5. The molecule has 1 aliphatic rings. The summed E-state index contributed by atoms with van der Waals surface area (Å²) in [6.07, 6.45) is 0.951. The lowest BCUT2D eigenvalue weighted by atomic mass is 9.76. The first kappa shape index (κ1) is 19.2. The Bertz CT molecular complexity index is 1010. The van der Waals surface area contributed by atoms with E-state index in [1.54, 1.807) is 19.2 Å². The van der Waals surface area contributed by atoms with E-state index >= 15 is 0 Å². The van der Waals surface area contributed by atoms with Gasteiger partial charge in [-0.05, 0) is 72.5 Å². The third kappa shape index (κ3) is 3.29. The normalized spacial score (nSPS) is 18.3. The Hall–Kier alpha value is -3.14. The smallest absolute Gasteiger partial charge is 0.119 e. The largest absolute Gasteiger partial charge is 0.508 e. The van der Waals surface area contributed by atoms with Crippen LogP contribution in [0.15, 0.2) is 66.7 Å². The van der Waals surface area contributed by atoms with Gasteiger partial charge in [0.1, 0.15) is 11.5 Å². The fourth-order valence-electron chi connectivity index (χ4n) is 4.40. The summed E-state index contributed by atoms with van der Waals surface area (Å²) < 4.78 is 5.47. The summed E-state index contributed by atoms with van der Waals surface area (Å²) in [7, 11) is 5.84. The van der Waals surface area contributed by atoms with Crippen molar-refractivity contribution in [2.45, 2.75) is 18.9 Å². The van der Waals surface area contributed by atoms with Gasteiger partial charge in [0.2, 0.25) is 0 Å². The number of rotatable bonds is 4. The van der Waals surface area contributed by atoms with Crippen LogP contribution in [0.1, 0.15) is 23.6 Å². The molecule has 4 rings (SSSR count). The molecule has 1 aliphatic heterocycles. The number of aromatic hydroxyl groups is 1. The summed E-state index contributed by atoms with van der Waals surface area (Å²) >= 11 is 0. The lowest BCUT2D eigenvalue weighted by Crippen LogP contribution is -2.49. The minimum Gasteiger partial charge on any atom is -0.508 e. The zero-order valence-electron chi connectivity index (χ0n) is 17.5. The zero-order valence-corrected chi connectivity index (χ0v) is 17.5. The van der Waals surface area contributed by atoms with Crippen molar-refractivity contribution in [1.82, 2.24) is 0 Å². The Balaban J connectivity index is 1.91. The van der Waals surface area contributed by atoms with Crippen molar-refractivity contribution in [3.8, 4) is 11.5 Å². The van der Waals surface area contributed by atoms with Crippen molar-refractivity contribution in [3.05, 3.63) is 83.4 Å². The van der Waals surface area contributed by atoms with E-state index in [0.717, 1.165) is 24.3 Å². The predicted molar refractivity (Wildman–Crippen MR) is 119 cm³/mol. The predicted octanol–water partition coefficient (Wildman–Crippen LogP) is 4.79. The molecular formula is C25H28N2O2. The van der Waals surface area contributed by atoms with E-state index in [4.69, 9.17) is 4.74 Å². The van der Waals surface area contributed by atoms with Crippen LogP contribution in [0.3, 0.4) is 0 Å². The van der Waals surface area contributed by atoms with Gasteiger partial charge in [0.15, 0.2) is 0 Å². The molecule has 0 aliphatic carbocycles. The van der Waals surface area contributed by atoms with Gasteiger partial charge in [-0.25, -0.2) is 0 Å². The molecule has 4 heteroatoms. The summed E-state index contributed by atoms with van der Waals surface area (Å²) in [6, 6.07) is 22.6. The number of phenols is 1. The molecule has 1 unspecified atom stereocenters. The number of ether oxygens (including phenoxy) is 1. The van der Waals surface area contributed by atoms with Gasteiger partial charge < -0.3 is 19.6 Å². The van der Waals surface area contributed by atoms with Crippen LogP contribution in [0, 0.1) is 0 Å². The van der Waals surface area contributed by atoms with Gasteiger partial charge >= 0.3 is 0 Å². The van der Waals surface area contributed by atoms with Gasteiger partial charge in [0.25, 0.3) is 0 Å². The molecule has 0 bridgehead atoms. The highest BCUT2D eigenvalue weighted by Crippen LogP contribution is 2.45. The number of anilines is 2. The third-order valence-corrected chi connectivity index (χ3v) is 6.07. The fraction of sp³-hybridized carbons (Fsp3) is 0.280. The number of nitrogens with zero attached hydrogens (tertiary/aromatic N) is 2. The molecule has 0 radical (unpaired) electrons. The van der Waals surface area contributed by atoms with E-state index in [0.29, 0.717) is 0 Å². The first-order valence-electron chi connectivity index (χ1n) is 9.95. The number of hydrogen-bond donors (Lipinski definition) is 1. The van der Waals surface area contributed by atoms with E-state index in [2.05, 4.69) is 67.2 Å². The molecule has 0 aromatic heterocycles. The van der Waals surface area contributed by atoms with Crippen LogP contribution in [-0.2, 0) is 12.0 Å². The number of hydrogen-bond acceptors (Lipinski definition) is 4. The van der Waals surface area contributed by atoms with Gasteiger partial charge in [-0.15, -0.1) is 0 Å². The van der Waals surface area contributed by atoms with Crippen molar-refractivity contribution in [1.29, 1.82) is 0 Å². The monoisotopic (exact) mass is 388 g/mol. The highest BCUT2D eigenvalue weighted by molar-refractivity contribution is 5.65. The van der Waals surface area contributed by atoms with E-state index in [-0.39, 0.29) is 11.3 Å². The van der Waals surface area contributed by atoms with Gasteiger partial charge in [0.05, 0.1) is 12.6 Å². The van der Waals surface area contributed by atoms with Crippen molar-refractivity contribution in [2.75, 3.05) is 37.5 Å². The lowest BCUT2D eigenvalue weighted by molar-refractivity contribution is 0.411. The molecule has 0 saturated carbocycles. The molecule has 3 aromatic rings. The summed E-state index contributed by atoms with van der Waals surface area (Å²) in [4.78, 5) is 4.60.